The van der Waals surface area contributed by atoms with Crippen molar-refractivity contribution in [3.05, 3.63) is 71.3 Å². The summed E-state index contributed by atoms with van der Waals surface area (Å²) in [7, 11) is 0. The highest BCUT2D eigenvalue weighted by Crippen LogP contribution is 2.37. The van der Waals surface area contributed by atoms with E-state index < -0.39 is 18.1 Å². The second-order valence-corrected chi connectivity index (χ2v) is 6.77. The van der Waals surface area contributed by atoms with Crippen LogP contribution in [0.4, 0.5) is 13.2 Å². The van der Waals surface area contributed by atoms with Crippen molar-refractivity contribution < 1.29 is 18.0 Å². The Bertz CT molecular complexity index is 832. The molecule has 1 aliphatic carbocycles. The van der Waals surface area contributed by atoms with Crippen LogP contribution < -0.4 is 5.32 Å². The Morgan fingerprint density at radius 3 is 2.19 bits per heavy atom. The van der Waals surface area contributed by atoms with Gasteiger partial charge in [0.1, 0.15) is 0 Å². The smallest absolute Gasteiger partial charge is 0.349 e. The Balaban J connectivity index is 1.60. The van der Waals surface area contributed by atoms with Gasteiger partial charge >= 0.3 is 6.18 Å². The average Bonchev–Trinajstić information content (AvgIpc) is 2.67. The molecule has 1 amide bonds. The SMILES string of the molecule is O=C(NC1CCCC(C(F)(F)F)C1)c1ccc(C#Cc2ccccc2)cc1. The fourth-order valence-electron chi connectivity index (χ4n) is 3.26. The predicted molar refractivity (Wildman–Crippen MR) is 98.1 cm³/mol. The Morgan fingerprint density at radius 1 is 0.926 bits per heavy atom. The van der Waals surface area contributed by atoms with Gasteiger partial charge in [-0.25, -0.2) is 0 Å². The molecule has 2 nitrogen and oxygen atoms in total. The summed E-state index contributed by atoms with van der Waals surface area (Å²) in [5.74, 6) is 4.39. The maximum absolute atomic E-state index is 12.9. The third kappa shape index (κ3) is 5.37. The van der Waals surface area contributed by atoms with E-state index in [4.69, 9.17) is 0 Å². The molecule has 1 saturated carbocycles. The molecule has 0 bridgehead atoms. The number of carbonyl (C=O) groups excluding carboxylic acids is 1. The second kappa shape index (κ2) is 8.30. The van der Waals surface area contributed by atoms with Crippen LogP contribution in [0.5, 0.6) is 0 Å². The molecule has 0 radical (unpaired) electrons. The Kier molecular flexibility index (Phi) is 5.85. The Labute approximate surface area is 156 Å². The molecule has 27 heavy (non-hydrogen) atoms. The molecule has 3 rings (SSSR count). The highest BCUT2D eigenvalue weighted by Gasteiger charge is 2.42. The van der Waals surface area contributed by atoms with Gasteiger partial charge in [-0.1, -0.05) is 36.5 Å². The number of amides is 1. The molecule has 0 saturated heterocycles. The van der Waals surface area contributed by atoms with Gasteiger partial charge in [-0.15, -0.1) is 0 Å². The first-order chi connectivity index (χ1) is 12.9. The average molecular weight is 371 g/mol. The molecule has 1 fully saturated rings. The fraction of sp³-hybridized carbons (Fsp3) is 0.318. The van der Waals surface area contributed by atoms with Crippen LogP contribution in [0.15, 0.2) is 54.6 Å². The molecule has 2 atom stereocenters. The van der Waals surface area contributed by atoms with Crippen LogP contribution in [0.25, 0.3) is 0 Å². The van der Waals surface area contributed by atoms with Crippen molar-refractivity contribution >= 4 is 5.91 Å². The van der Waals surface area contributed by atoms with Crippen LogP contribution in [0.2, 0.25) is 0 Å². The van der Waals surface area contributed by atoms with Crippen molar-refractivity contribution in [1.82, 2.24) is 5.32 Å². The molecule has 2 aromatic rings. The van der Waals surface area contributed by atoms with E-state index in [1.165, 1.54) is 0 Å². The van der Waals surface area contributed by atoms with E-state index in [1.54, 1.807) is 24.3 Å². The van der Waals surface area contributed by atoms with Gasteiger partial charge < -0.3 is 5.32 Å². The summed E-state index contributed by atoms with van der Waals surface area (Å²) >= 11 is 0. The van der Waals surface area contributed by atoms with Gasteiger partial charge in [-0.2, -0.15) is 13.2 Å². The first-order valence-electron chi connectivity index (χ1n) is 8.96. The lowest BCUT2D eigenvalue weighted by molar-refractivity contribution is -0.183. The monoisotopic (exact) mass is 371 g/mol. The minimum atomic E-state index is -4.19. The van der Waals surface area contributed by atoms with Gasteiger partial charge in [0.25, 0.3) is 5.91 Å². The van der Waals surface area contributed by atoms with Crippen LogP contribution in [0.3, 0.4) is 0 Å². The summed E-state index contributed by atoms with van der Waals surface area (Å²) in [6.45, 7) is 0. The number of nitrogens with one attached hydrogen (secondary N) is 1. The zero-order valence-electron chi connectivity index (χ0n) is 14.7. The quantitative estimate of drug-likeness (QED) is 0.745. The maximum atomic E-state index is 12.9. The van der Waals surface area contributed by atoms with E-state index in [-0.39, 0.29) is 18.7 Å². The van der Waals surface area contributed by atoms with Crippen LogP contribution in [0.1, 0.15) is 47.2 Å². The van der Waals surface area contributed by atoms with Gasteiger partial charge in [0.15, 0.2) is 0 Å². The van der Waals surface area contributed by atoms with Gasteiger partial charge in [0, 0.05) is 22.7 Å². The second-order valence-electron chi connectivity index (χ2n) is 6.77. The summed E-state index contributed by atoms with van der Waals surface area (Å²) in [5.41, 5.74) is 2.09. The molecule has 5 heteroatoms. The molecule has 0 heterocycles. The standard InChI is InChI=1S/C22H20F3NO/c23-22(24,25)19-7-4-8-20(15-19)26-21(27)18-13-11-17(12-14-18)10-9-16-5-2-1-3-6-16/h1-3,5-6,11-14,19-20H,4,7-8,15H2,(H,26,27). The minimum Gasteiger partial charge on any atom is -0.349 e. The number of alkyl halides is 3. The summed E-state index contributed by atoms with van der Waals surface area (Å²) < 4.78 is 38.7. The molecule has 140 valence electrons. The molecule has 1 N–H and O–H groups in total. The maximum Gasteiger partial charge on any atom is 0.391 e. The van der Waals surface area contributed by atoms with E-state index in [9.17, 15) is 18.0 Å². The van der Waals surface area contributed by atoms with E-state index in [0.29, 0.717) is 18.4 Å². The van der Waals surface area contributed by atoms with Crippen molar-refractivity contribution in [1.29, 1.82) is 0 Å². The Morgan fingerprint density at radius 2 is 1.56 bits per heavy atom. The van der Waals surface area contributed by atoms with Crippen molar-refractivity contribution in [2.75, 3.05) is 0 Å². The summed E-state index contributed by atoms with van der Waals surface area (Å²) in [6.07, 6.45) is -3.04. The fourth-order valence-corrected chi connectivity index (χ4v) is 3.26. The third-order valence-electron chi connectivity index (χ3n) is 4.74. The summed E-state index contributed by atoms with van der Waals surface area (Å²) in [5, 5.41) is 2.74. The van der Waals surface area contributed by atoms with Crippen LogP contribution in [-0.2, 0) is 0 Å². The van der Waals surface area contributed by atoms with E-state index in [1.807, 2.05) is 30.3 Å². The highest BCUT2D eigenvalue weighted by molar-refractivity contribution is 5.94. The van der Waals surface area contributed by atoms with E-state index in [0.717, 1.165) is 11.1 Å². The van der Waals surface area contributed by atoms with Crippen molar-refractivity contribution in [2.24, 2.45) is 5.92 Å². The van der Waals surface area contributed by atoms with E-state index in [2.05, 4.69) is 17.2 Å². The van der Waals surface area contributed by atoms with Gasteiger partial charge in [0.05, 0.1) is 5.92 Å². The number of hydrogen-bond acceptors (Lipinski definition) is 1. The normalized spacial score (nSPS) is 19.7. The highest BCUT2D eigenvalue weighted by atomic mass is 19.4. The number of halogens is 3. The van der Waals surface area contributed by atoms with E-state index >= 15 is 0 Å². The zero-order valence-corrected chi connectivity index (χ0v) is 14.7. The molecular formula is C22H20F3NO. The molecular weight excluding hydrogens is 351 g/mol. The first-order valence-corrected chi connectivity index (χ1v) is 8.96. The van der Waals surface area contributed by atoms with Crippen LogP contribution >= 0.6 is 0 Å². The topological polar surface area (TPSA) is 29.1 Å². The molecule has 0 spiro atoms. The lowest BCUT2D eigenvalue weighted by atomic mass is 9.85. The Hall–Kier alpha value is -2.74. The summed E-state index contributed by atoms with van der Waals surface area (Å²) in [4.78, 5) is 12.3. The number of carbonyl (C=O) groups is 1. The van der Waals surface area contributed by atoms with Gasteiger partial charge in [0.2, 0.25) is 0 Å². The van der Waals surface area contributed by atoms with Crippen LogP contribution in [0, 0.1) is 17.8 Å². The molecule has 0 aromatic heterocycles. The molecule has 0 aliphatic heterocycles. The number of hydrogen-bond donors (Lipinski definition) is 1. The minimum absolute atomic E-state index is 0.0458. The zero-order chi connectivity index (χ0) is 19.3. The van der Waals surface area contributed by atoms with Crippen LogP contribution in [-0.4, -0.2) is 18.1 Å². The van der Waals surface area contributed by atoms with Gasteiger partial charge in [-0.3, -0.25) is 4.79 Å². The summed E-state index contributed by atoms with van der Waals surface area (Å²) in [6, 6.07) is 15.9. The lowest BCUT2D eigenvalue weighted by Gasteiger charge is -2.31. The molecule has 1 aliphatic rings. The lowest BCUT2D eigenvalue weighted by Crippen LogP contribution is -2.41. The third-order valence-corrected chi connectivity index (χ3v) is 4.74. The molecule has 2 aromatic carbocycles. The number of rotatable bonds is 2. The largest absolute Gasteiger partial charge is 0.391 e. The van der Waals surface area contributed by atoms with Crippen molar-refractivity contribution in [2.45, 2.75) is 37.9 Å². The first kappa shape index (κ1) is 19.0. The molecule has 2 unspecified atom stereocenters. The predicted octanol–water partition coefficient (Wildman–Crippen LogP) is 4.94. The number of benzene rings is 2. The van der Waals surface area contributed by atoms with Crippen molar-refractivity contribution in [3.63, 3.8) is 0 Å². The van der Waals surface area contributed by atoms with Crippen molar-refractivity contribution in [3.8, 4) is 11.8 Å². The van der Waals surface area contributed by atoms with Gasteiger partial charge in [-0.05, 0) is 55.7 Å².